The normalized spacial score (nSPS) is 18.0. The molecule has 1 aromatic heterocycles. The molecular formula is C20H26N4O. The predicted molar refractivity (Wildman–Crippen MR) is 99.3 cm³/mol. The first-order chi connectivity index (χ1) is 12.2. The number of hydrogen-bond donors (Lipinski definition) is 2. The summed E-state index contributed by atoms with van der Waals surface area (Å²) in [6.45, 7) is 5.83. The van der Waals surface area contributed by atoms with Gasteiger partial charge >= 0.3 is 0 Å². The molecule has 1 unspecified atom stereocenters. The number of benzene rings is 1. The summed E-state index contributed by atoms with van der Waals surface area (Å²) >= 11 is 0. The fourth-order valence-electron chi connectivity index (χ4n) is 3.30. The predicted octanol–water partition coefficient (Wildman–Crippen LogP) is 1.70. The molecule has 1 amide bonds. The van der Waals surface area contributed by atoms with Gasteiger partial charge in [-0.1, -0.05) is 30.3 Å². The summed E-state index contributed by atoms with van der Waals surface area (Å²) in [4.78, 5) is 18.8. The zero-order valence-corrected chi connectivity index (χ0v) is 14.7. The Labute approximate surface area is 149 Å². The van der Waals surface area contributed by atoms with Crippen molar-refractivity contribution in [3.05, 3.63) is 65.5 Å². The maximum absolute atomic E-state index is 12.4. The molecule has 132 valence electrons. The Morgan fingerprint density at radius 3 is 3.00 bits per heavy atom. The lowest BCUT2D eigenvalue weighted by Gasteiger charge is -2.35. The van der Waals surface area contributed by atoms with E-state index in [0.717, 1.165) is 31.6 Å². The van der Waals surface area contributed by atoms with Gasteiger partial charge in [0.1, 0.15) is 0 Å². The summed E-state index contributed by atoms with van der Waals surface area (Å²) in [5.41, 5.74) is 3.72. The molecule has 1 aromatic carbocycles. The Bertz CT molecular complexity index is 689. The highest BCUT2D eigenvalue weighted by molar-refractivity contribution is 5.78. The van der Waals surface area contributed by atoms with Crippen LogP contribution in [0.1, 0.15) is 22.7 Å². The molecule has 0 aliphatic carbocycles. The van der Waals surface area contributed by atoms with Crippen molar-refractivity contribution in [1.82, 2.24) is 20.5 Å². The van der Waals surface area contributed by atoms with E-state index in [2.05, 4.69) is 45.6 Å². The Morgan fingerprint density at radius 1 is 1.32 bits per heavy atom. The van der Waals surface area contributed by atoms with Gasteiger partial charge in [-0.15, -0.1) is 0 Å². The lowest BCUT2D eigenvalue weighted by atomic mass is 10.1. The summed E-state index contributed by atoms with van der Waals surface area (Å²) in [5, 5.41) is 6.47. The highest BCUT2D eigenvalue weighted by atomic mass is 16.2. The molecular weight excluding hydrogens is 312 g/mol. The van der Waals surface area contributed by atoms with Crippen LogP contribution >= 0.6 is 0 Å². The Balaban J connectivity index is 1.51. The van der Waals surface area contributed by atoms with E-state index >= 15 is 0 Å². The van der Waals surface area contributed by atoms with E-state index in [1.54, 1.807) is 6.20 Å². The number of nitrogens with one attached hydrogen (secondary N) is 2. The minimum atomic E-state index is 0.0874. The minimum Gasteiger partial charge on any atom is -0.355 e. The van der Waals surface area contributed by atoms with Gasteiger partial charge in [-0.25, -0.2) is 0 Å². The van der Waals surface area contributed by atoms with Crippen LogP contribution in [0.2, 0.25) is 0 Å². The van der Waals surface area contributed by atoms with E-state index in [1.807, 2.05) is 24.4 Å². The number of aryl methyl sites for hydroxylation is 1. The van der Waals surface area contributed by atoms with Crippen molar-refractivity contribution >= 4 is 5.91 Å². The van der Waals surface area contributed by atoms with Crippen LogP contribution in [-0.2, 0) is 11.2 Å². The van der Waals surface area contributed by atoms with Crippen molar-refractivity contribution in [2.75, 3.05) is 32.7 Å². The molecule has 5 heteroatoms. The molecule has 3 rings (SSSR count). The molecule has 1 aliphatic rings. The zero-order chi connectivity index (χ0) is 17.5. The highest BCUT2D eigenvalue weighted by Crippen LogP contribution is 2.20. The Morgan fingerprint density at radius 2 is 2.20 bits per heavy atom. The second kappa shape index (κ2) is 8.74. The maximum atomic E-state index is 12.4. The molecule has 0 radical (unpaired) electrons. The van der Waals surface area contributed by atoms with Crippen molar-refractivity contribution < 1.29 is 4.79 Å². The highest BCUT2D eigenvalue weighted by Gasteiger charge is 2.25. The molecule has 5 nitrogen and oxygen atoms in total. The van der Waals surface area contributed by atoms with Gasteiger partial charge in [0.2, 0.25) is 5.91 Å². The third kappa shape index (κ3) is 4.87. The third-order valence-electron chi connectivity index (χ3n) is 4.75. The van der Waals surface area contributed by atoms with Gasteiger partial charge in [-0.3, -0.25) is 14.7 Å². The van der Waals surface area contributed by atoms with Crippen LogP contribution in [0, 0.1) is 6.92 Å². The number of hydrogen-bond acceptors (Lipinski definition) is 4. The average molecular weight is 338 g/mol. The Kier molecular flexibility index (Phi) is 6.14. The van der Waals surface area contributed by atoms with Gasteiger partial charge in [0, 0.05) is 44.6 Å². The van der Waals surface area contributed by atoms with Crippen LogP contribution < -0.4 is 10.6 Å². The summed E-state index contributed by atoms with van der Waals surface area (Å²) in [7, 11) is 0. The summed E-state index contributed by atoms with van der Waals surface area (Å²) in [5.74, 6) is 0.0874. The molecule has 0 bridgehead atoms. The first kappa shape index (κ1) is 17.6. The van der Waals surface area contributed by atoms with Crippen LogP contribution in [0.3, 0.4) is 0 Å². The van der Waals surface area contributed by atoms with Gasteiger partial charge in [-0.2, -0.15) is 0 Å². The number of carbonyl (C=O) groups excluding carboxylic acids is 1. The van der Waals surface area contributed by atoms with Crippen molar-refractivity contribution in [3.63, 3.8) is 0 Å². The van der Waals surface area contributed by atoms with E-state index in [-0.39, 0.29) is 11.9 Å². The number of rotatable bonds is 6. The monoisotopic (exact) mass is 338 g/mol. The van der Waals surface area contributed by atoms with Crippen molar-refractivity contribution in [2.45, 2.75) is 19.4 Å². The summed E-state index contributed by atoms with van der Waals surface area (Å²) in [6, 6.07) is 12.5. The minimum absolute atomic E-state index is 0.0874. The fourth-order valence-corrected chi connectivity index (χ4v) is 3.30. The molecule has 2 N–H and O–H groups in total. The SMILES string of the molecule is Cc1ccccc1CCNC(=O)CN1CCNCC1c1cccnc1. The Hall–Kier alpha value is -2.24. The van der Waals surface area contributed by atoms with E-state index in [0.29, 0.717) is 13.1 Å². The van der Waals surface area contributed by atoms with Crippen LogP contribution in [0.5, 0.6) is 0 Å². The topological polar surface area (TPSA) is 57.3 Å². The third-order valence-corrected chi connectivity index (χ3v) is 4.75. The van der Waals surface area contributed by atoms with Crippen molar-refractivity contribution in [3.8, 4) is 0 Å². The molecule has 0 saturated carbocycles. The number of amides is 1. The van der Waals surface area contributed by atoms with Gasteiger partial charge in [0.15, 0.2) is 0 Å². The number of aromatic nitrogens is 1. The van der Waals surface area contributed by atoms with Crippen LogP contribution in [-0.4, -0.2) is 48.5 Å². The van der Waals surface area contributed by atoms with E-state index in [9.17, 15) is 4.79 Å². The van der Waals surface area contributed by atoms with Crippen molar-refractivity contribution in [2.24, 2.45) is 0 Å². The molecule has 1 fully saturated rings. The number of pyridine rings is 1. The lowest BCUT2D eigenvalue weighted by Crippen LogP contribution is -2.49. The standard InChI is InChI=1S/C20H26N4O/c1-16-5-2-3-6-17(16)8-10-23-20(25)15-24-12-11-22-14-19(24)18-7-4-9-21-13-18/h2-7,9,13,19,22H,8,10-12,14-15H2,1H3,(H,23,25). The van der Waals surface area contributed by atoms with Crippen LogP contribution in [0.25, 0.3) is 0 Å². The molecule has 2 aromatic rings. The average Bonchev–Trinajstić information content (AvgIpc) is 2.64. The second-order valence-electron chi connectivity index (χ2n) is 6.50. The summed E-state index contributed by atoms with van der Waals surface area (Å²) in [6.07, 6.45) is 4.54. The molecule has 0 spiro atoms. The molecule has 1 atom stereocenters. The lowest BCUT2D eigenvalue weighted by molar-refractivity contribution is -0.123. The van der Waals surface area contributed by atoms with Gasteiger partial charge < -0.3 is 10.6 Å². The van der Waals surface area contributed by atoms with Gasteiger partial charge in [0.05, 0.1) is 6.54 Å². The van der Waals surface area contributed by atoms with Crippen LogP contribution in [0.4, 0.5) is 0 Å². The quantitative estimate of drug-likeness (QED) is 0.842. The zero-order valence-electron chi connectivity index (χ0n) is 14.7. The first-order valence-electron chi connectivity index (χ1n) is 8.90. The van der Waals surface area contributed by atoms with E-state index < -0.39 is 0 Å². The van der Waals surface area contributed by atoms with Crippen LogP contribution in [0.15, 0.2) is 48.8 Å². The van der Waals surface area contributed by atoms with Gasteiger partial charge in [-0.05, 0) is 36.1 Å². The molecule has 1 aliphatic heterocycles. The molecule has 1 saturated heterocycles. The second-order valence-corrected chi connectivity index (χ2v) is 6.50. The molecule has 25 heavy (non-hydrogen) atoms. The van der Waals surface area contributed by atoms with E-state index in [4.69, 9.17) is 0 Å². The largest absolute Gasteiger partial charge is 0.355 e. The number of nitrogens with zero attached hydrogens (tertiary/aromatic N) is 2. The smallest absolute Gasteiger partial charge is 0.234 e. The first-order valence-corrected chi connectivity index (χ1v) is 8.90. The number of carbonyl (C=O) groups is 1. The van der Waals surface area contributed by atoms with E-state index in [1.165, 1.54) is 11.1 Å². The van der Waals surface area contributed by atoms with Crippen molar-refractivity contribution in [1.29, 1.82) is 0 Å². The fraction of sp³-hybridized carbons (Fsp3) is 0.400. The summed E-state index contributed by atoms with van der Waals surface area (Å²) < 4.78 is 0. The maximum Gasteiger partial charge on any atom is 0.234 e. The molecule has 2 heterocycles. The van der Waals surface area contributed by atoms with Gasteiger partial charge in [0.25, 0.3) is 0 Å². The number of piperazine rings is 1.